The molecule has 0 aliphatic heterocycles. The molecule has 3 nitrogen and oxygen atoms in total. The van der Waals surface area contributed by atoms with Crippen LogP contribution in [0.5, 0.6) is 0 Å². The van der Waals surface area contributed by atoms with E-state index in [0.29, 0.717) is 11.4 Å². The molecule has 1 heterocycles. The van der Waals surface area contributed by atoms with E-state index in [1.54, 1.807) is 18.3 Å². The Labute approximate surface area is 123 Å². The number of nitrogens with one attached hydrogen (secondary N) is 1. The van der Waals surface area contributed by atoms with Gasteiger partial charge in [0.15, 0.2) is 0 Å². The van der Waals surface area contributed by atoms with Crippen LogP contribution < -0.4 is 5.32 Å². The molecule has 3 heteroatoms. The van der Waals surface area contributed by atoms with Crippen LogP contribution in [0.3, 0.4) is 0 Å². The monoisotopic (exact) mass is 273 g/mol. The standard InChI is InChI=1S/C18H15N3/c1-13(21-18-17(12-19)7-4-10-20-18)15-9-8-14-5-2-3-6-16(14)11-15/h2-11,13H,1H3,(H,20,21). The molecule has 1 N–H and O–H groups in total. The Bertz CT molecular complexity index is 818. The zero-order valence-electron chi connectivity index (χ0n) is 11.7. The molecule has 0 saturated heterocycles. The fraction of sp³-hybridized carbons (Fsp3) is 0.111. The number of aromatic nitrogens is 1. The van der Waals surface area contributed by atoms with Gasteiger partial charge in [0, 0.05) is 6.20 Å². The predicted molar refractivity (Wildman–Crippen MR) is 84.9 cm³/mol. The summed E-state index contributed by atoms with van der Waals surface area (Å²) in [4.78, 5) is 4.24. The van der Waals surface area contributed by atoms with Gasteiger partial charge in [0.25, 0.3) is 0 Å². The lowest BCUT2D eigenvalue weighted by Gasteiger charge is -2.16. The van der Waals surface area contributed by atoms with E-state index in [0.717, 1.165) is 0 Å². The van der Waals surface area contributed by atoms with Crippen LogP contribution >= 0.6 is 0 Å². The molecule has 3 rings (SSSR count). The molecule has 1 atom stereocenters. The third-order valence-corrected chi connectivity index (χ3v) is 3.55. The number of hydrogen-bond acceptors (Lipinski definition) is 3. The van der Waals surface area contributed by atoms with E-state index in [2.05, 4.69) is 53.6 Å². The Hall–Kier alpha value is -2.86. The van der Waals surface area contributed by atoms with Gasteiger partial charge in [0.1, 0.15) is 11.9 Å². The summed E-state index contributed by atoms with van der Waals surface area (Å²) >= 11 is 0. The summed E-state index contributed by atoms with van der Waals surface area (Å²) in [5, 5.41) is 14.9. The van der Waals surface area contributed by atoms with Crippen LogP contribution in [0.15, 0.2) is 60.8 Å². The Balaban J connectivity index is 1.90. The summed E-state index contributed by atoms with van der Waals surface area (Å²) in [5.74, 6) is 0.626. The van der Waals surface area contributed by atoms with Crippen molar-refractivity contribution in [2.45, 2.75) is 13.0 Å². The minimum absolute atomic E-state index is 0.0802. The average Bonchev–Trinajstić information content (AvgIpc) is 2.55. The molecule has 102 valence electrons. The number of anilines is 1. The molecule has 1 aromatic heterocycles. The van der Waals surface area contributed by atoms with Gasteiger partial charge in [-0.05, 0) is 41.5 Å². The number of hydrogen-bond donors (Lipinski definition) is 1. The highest BCUT2D eigenvalue weighted by Crippen LogP contribution is 2.23. The van der Waals surface area contributed by atoms with Crippen LogP contribution in [-0.4, -0.2) is 4.98 Å². The lowest BCUT2D eigenvalue weighted by atomic mass is 10.0. The molecule has 0 saturated carbocycles. The topological polar surface area (TPSA) is 48.7 Å². The fourth-order valence-electron chi connectivity index (χ4n) is 2.38. The van der Waals surface area contributed by atoms with Crippen molar-refractivity contribution in [1.29, 1.82) is 5.26 Å². The first kappa shape index (κ1) is 13.1. The lowest BCUT2D eigenvalue weighted by molar-refractivity contribution is 0.875. The summed E-state index contributed by atoms with van der Waals surface area (Å²) < 4.78 is 0. The molecule has 21 heavy (non-hydrogen) atoms. The SMILES string of the molecule is CC(Nc1ncccc1C#N)c1ccc2ccccc2c1. The minimum atomic E-state index is 0.0802. The fourth-order valence-corrected chi connectivity index (χ4v) is 2.38. The maximum atomic E-state index is 9.11. The number of benzene rings is 2. The highest BCUT2D eigenvalue weighted by Gasteiger charge is 2.09. The quantitative estimate of drug-likeness (QED) is 0.774. The largest absolute Gasteiger partial charge is 0.362 e. The smallest absolute Gasteiger partial charge is 0.144 e. The predicted octanol–water partition coefficient (Wildman–Crippen LogP) is 4.28. The second-order valence-electron chi connectivity index (χ2n) is 4.98. The molecule has 2 aromatic carbocycles. The van der Waals surface area contributed by atoms with Crippen molar-refractivity contribution >= 4 is 16.6 Å². The molecule has 1 unspecified atom stereocenters. The molecule has 0 spiro atoms. The van der Waals surface area contributed by atoms with E-state index in [9.17, 15) is 0 Å². The summed E-state index contributed by atoms with van der Waals surface area (Å²) in [6, 6.07) is 20.4. The van der Waals surface area contributed by atoms with E-state index in [4.69, 9.17) is 5.26 Å². The van der Waals surface area contributed by atoms with Gasteiger partial charge in [-0.3, -0.25) is 0 Å². The van der Waals surface area contributed by atoms with Crippen molar-refractivity contribution in [3.05, 3.63) is 71.9 Å². The second kappa shape index (κ2) is 5.64. The highest BCUT2D eigenvalue weighted by atomic mass is 15.0. The number of nitrogens with zero attached hydrogens (tertiary/aromatic N) is 2. The third-order valence-electron chi connectivity index (χ3n) is 3.55. The first-order valence-electron chi connectivity index (χ1n) is 6.88. The normalized spacial score (nSPS) is 11.8. The summed E-state index contributed by atoms with van der Waals surface area (Å²) in [7, 11) is 0. The lowest BCUT2D eigenvalue weighted by Crippen LogP contribution is -2.09. The molecule has 0 amide bonds. The van der Waals surface area contributed by atoms with E-state index < -0.39 is 0 Å². The molecular formula is C18H15N3. The average molecular weight is 273 g/mol. The molecule has 0 radical (unpaired) electrons. The number of fused-ring (bicyclic) bond motifs is 1. The van der Waals surface area contributed by atoms with E-state index in [1.165, 1.54) is 16.3 Å². The summed E-state index contributed by atoms with van der Waals surface area (Å²) in [5.41, 5.74) is 1.73. The summed E-state index contributed by atoms with van der Waals surface area (Å²) in [6.45, 7) is 2.07. The van der Waals surface area contributed by atoms with Crippen LogP contribution in [0.25, 0.3) is 10.8 Å². The Morgan fingerprint density at radius 3 is 2.67 bits per heavy atom. The van der Waals surface area contributed by atoms with Crippen LogP contribution in [0.1, 0.15) is 24.1 Å². The van der Waals surface area contributed by atoms with Crippen LogP contribution in [0.2, 0.25) is 0 Å². The van der Waals surface area contributed by atoms with E-state index >= 15 is 0 Å². The van der Waals surface area contributed by atoms with Gasteiger partial charge in [0.2, 0.25) is 0 Å². The van der Waals surface area contributed by atoms with Crippen molar-refractivity contribution in [3.63, 3.8) is 0 Å². The van der Waals surface area contributed by atoms with Gasteiger partial charge in [-0.25, -0.2) is 4.98 Å². The zero-order valence-corrected chi connectivity index (χ0v) is 11.7. The number of pyridine rings is 1. The van der Waals surface area contributed by atoms with Gasteiger partial charge in [0.05, 0.1) is 11.6 Å². The molecule has 0 aliphatic carbocycles. The van der Waals surface area contributed by atoms with Gasteiger partial charge in [-0.2, -0.15) is 5.26 Å². The first-order valence-corrected chi connectivity index (χ1v) is 6.88. The summed E-state index contributed by atoms with van der Waals surface area (Å²) in [6.07, 6.45) is 1.69. The van der Waals surface area contributed by atoms with E-state index in [-0.39, 0.29) is 6.04 Å². The maximum absolute atomic E-state index is 9.11. The van der Waals surface area contributed by atoms with Crippen LogP contribution in [0.4, 0.5) is 5.82 Å². The van der Waals surface area contributed by atoms with Crippen molar-refractivity contribution in [3.8, 4) is 6.07 Å². The number of rotatable bonds is 3. The van der Waals surface area contributed by atoms with E-state index in [1.807, 2.05) is 12.1 Å². The molecular weight excluding hydrogens is 258 g/mol. The first-order chi connectivity index (χ1) is 10.3. The van der Waals surface area contributed by atoms with Gasteiger partial charge >= 0.3 is 0 Å². The molecule has 3 aromatic rings. The van der Waals surface area contributed by atoms with Gasteiger partial charge in [-0.15, -0.1) is 0 Å². The van der Waals surface area contributed by atoms with Crippen LogP contribution in [0, 0.1) is 11.3 Å². The Morgan fingerprint density at radius 2 is 1.86 bits per heavy atom. The highest BCUT2D eigenvalue weighted by molar-refractivity contribution is 5.83. The van der Waals surface area contributed by atoms with Crippen molar-refractivity contribution in [2.24, 2.45) is 0 Å². The van der Waals surface area contributed by atoms with Gasteiger partial charge < -0.3 is 5.32 Å². The Morgan fingerprint density at radius 1 is 1.05 bits per heavy atom. The van der Waals surface area contributed by atoms with Crippen molar-refractivity contribution < 1.29 is 0 Å². The minimum Gasteiger partial charge on any atom is -0.362 e. The van der Waals surface area contributed by atoms with Crippen molar-refractivity contribution in [2.75, 3.05) is 5.32 Å². The zero-order chi connectivity index (χ0) is 14.7. The molecule has 0 aliphatic rings. The van der Waals surface area contributed by atoms with Crippen molar-refractivity contribution in [1.82, 2.24) is 4.98 Å². The number of nitriles is 1. The Kier molecular flexibility index (Phi) is 3.53. The van der Waals surface area contributed by atoms with Gasteiger partial charge in [-0.1, -0.05) is 36.4 Å². The molecule has 0 fully saturated rings. The van der Waals surface area contributed by atoms with Crippen LogP contribution in [-0.2, 0) is 0 Å². The third kappa shape index (κ3) is 2.70. The molecule has 0 bridgehead atoms. The second-order valence-corrected chi connectivity index (χ2v) is 4.98. The maximum Gasteiger partial charge on any atom is 0.144 e.